The maximum Gasteiger partial charge on any atom is 0.239 e. The molecular formula is C10H19N3O2S. The van der Waals surface area contributed by atoms with Crippen LogP contribution in [0.15, 0.2) is 0 Å². The van der Waals surface area contributed by atoms with Gasteiger partial charge >= 0.3 is 0 Å². The lowest BCUT2D eigenvalue weighted by Crippen LogP contribution is -2.47. The molecular weight excluding hydrogens is 226 g/mol. The highest BCUT2D eigenvalue weighted by molar-refractivity contribution is 7.80. The zero-order valence-corrected chi connectivity index (χ0v) is 10.6. The first kappa shape index (κ1) is 13.2. The number of nitrogens with zero attached hydrogens (tertiary/aromatic N) is 1. The van der Waals surface area contributed by atoms with Crippen molar-refractivity contribution < 1.29 is 9.53 Å². The molecule has 0 bridgehead atoms. The Hall–Kier alpha value is -0.880. The molecule has 1 amide bonds. The molecule has 0 aromatic carbocycles. The van der Waals surface area contributed by atoms with E-state index in [0.717, 1.165) is 19.5 Å². The molecule has 1 unspecified atom stereocenters. The van der Waals surface area contributed by atoms with E-state index < -0.39 is 0 Å². The molecule has 6 heteroatoms. The number of hydrogen-bond donors (Lipinski definition) is 2. The van der Waals surface area contributed by atoms with E-state index >= 15 is 0 Å². The molecule has 2 N–H and O–H groups in total. The summed E-state index contributed by atoms with van der Waals surface area (Å²) < 4.78 is 5.02. The Kier molecular flexibility index (Phi) is 5.48. The summed E-state index contributed by atoms with van der Waals surface area (Å²) in [5.41, 5.74) is 0. The third-order valence-electron chi connectivity index (χ3n) is 2.34. The van der Waals surface area contributed by atoms with Crippen molar-refractivity contribution in [3.8, 4) is 0 Å². The molecule has 1 aliphatic heterocycles. The number of ether oxygens (including phenoxy) is 1. The number of amides is 1. The maximum absolute atomic E-state index is 11.3. The number of rotatable bonds is 3. The molecule has 1 rings (SSSR count). The van der Waals surface area contributed by atoms with Gasteiger partial charge in [-0.15, -0.1) is 0 Å². The van der Waals surface area contributed by atoms with Gasteiger partial charge in [0.15, 0.2) is 5.11 Å². The van der Waals surface area contributed by atoms with E-state index in [2.05, 4.69) is 10.6 Å². The van der Waals surface area contributed by atoms with Crippen molar-refractivity contribution in [2.24, 2.45) is 0 Å². The number of carbonyl (C=O) groups is 1. The minimum atomic E-state index is 0.0287. The lowest BCUT2D eigenvalue weighted by Gasteiger charge is -2.25. The minimum Gasteiger partial charge on any atom is -0.383 e. The van der Waals surface area contributed by atoms with Gasteiger partial charge in [0.25, 0.3) is 0 Å². The molecule has 1 atom stereocenters. The van der Waals surface area contributed by atoms with E-state index in [1.165, 1.54) is 0 Å². The van der Waals surface area contributed by atoms with Crippen molar-refractivity contribution in [1.29, 1.82) is 0 Å². The van der Waals surface area contributed by atoms with E-state index in [-0.39, 0.29) is 11.9 Å². The summed E-state index contributed by atoms with van der Waals surface area (Å²) in [5.74, 6) is 0.0287. The fraction of sp³-hybridized carbons (Fsp3) is 0.800. The van der Waals surface area contributed by atoms with Crippen LogP contribution in [0.1, 0.15) is 13.3 Å². The van der Waals surface area contributed by atoms with Crippen LogP contribution in [0.2, 0.25) is 0 Å². The predicted octanol–water partition coefficient (Wildman–Crippen LogP) is -0.282. The molecule has 0 aliphatic carbocycles. The quantitative estimate of drug-likeness (QED) is 0.670. The largest absolute Gasteiger partial charge is 0.383 e. The first-order valence-corrected chi connectivity index (χ1v) is 5.85. The fourth-order valence-electron chi connectivity index (χ4n) is 1.57. The van der Waals surface area contributed by atoms with E-state index in [9.17, 15) is 4.79 Å². The molecule has 0 spiro atoms. The Morgan fingerprint density at radius 1 is 1.75 bits per heavy atom. The monoisotopic (exact) mass is 245 g/mol. The van der Waals surface area contributed by atoms with E-state index in [0.29, 0.717) is 18.3 Å². The van der Waals surface area contributed by atoms with Crippen LogP contribution < -0.4 is 10.6 Å². The summed E-state index contributed by atoms with van der Waals surface area (Å²) in [6.45, 7) is 4.47. The molecule has 16 heavy (non-hydrogen) atoms. The molecule has 0 saturated carbocycles. The highest BCUT2D eigenvalue weighted by Gasteiger charge is 2.17. The van der Waals surface area contributed by atoms with Gasteiger partial charge in [-0.1, -0.05) is 0 Å². The van der Waals surface area contributed by atoms with Crippen LogP contribution >= 0.6 is 12.2 Å². The molecule has 1 heterocycles. The van der Waals surface area contributed by atoms with Gasteiger partial charge in [-0.05, 0) is 25.6 Å². The molecule has 5 nitrogen and oxygen atoms in total. The lowest BCUT2D eigenvalue weighted by atomic mass is 10.3. The Morgan fingerprint density at radius 3 is 3.19 bits per heavy atom. The molecule has 1 fully saturated rings. The SMILES string of the molecule is COCC(C)NC(=S)N1CCCNC(=O)C1. The highest BCUT2D eigenvalue weighted by atomic mass is 32.1. The number of methoxy groups -OCH3 is 1. The lowest BCUT2D eigenvalue weighted by molar-refractivity contribution is -0.120. The van der Waals surface area contributed by atoms with Gasteiger partial charge in [-0.2, -0.15) is 0 Å². The van der Waals surface area contributed by atoms with Gasteiger partial charge < -0.3 is 20.3 Å². The van der Waals surface area contributed by atoms with Crippen LogP contribution in [0.4, 0.5) is 0 Å². The van der Waals surface area contributed by atoms with Crippen LogP contribution in [0, 0.1) is 0 Å². The van der Waals surface area contributed by atoms with E-state index in [1.54, 1.807) is 7.11 Å². The van der Waals surface area contributed by atoms with Crippen LogP contribution in [-0.4, -0.2) is 55.3 Å². The summed E-state index contributed by atoms with van der Waals surface area (Å²) in [5, 5.41) is 6.59. The fourth-order valence-corrected chi connectivity index (χ4v) is 1.93. The van der Waals surface area contributed by atoms with Gasteiger partial charge in [-0.3, -0.25) is 4.79 Å². The first-order chi connectivity index (χ1) is 7.63. The summed E-state index contributed by atoms with van der Waals surface area (Å²) in [7, 11) is 1.65. The van der Waals surface area contributed by atoms with Gasteiger partial charge in [0, 0.05) is 26.2 Å². The smallest absolute Gasteiger partial charge is 0.239 e. The van der Waals surface area contributed by atoms with Crippen molar-refractivity contribution in [2.45, 2.75) is 19.4 Å². The van der Waals surface area contributed by atoms with Crippen molar-refractivity contribution in [1.82, 2.24) is 15.5 Å². The van der Waals surface area contributed by atoms with Crippen molar-refractivity contribution in [3.63, 3.8) is 0 Å². The summed E-state index contributed by atoms with van der Waals surface area (Å²) in [4.78, 5) is 13.2. The number of thiocarbonyl (C=S) groups is 1. The summed E-state index contributed by atoms with van der Waals surface area (Å²) in [6, 6.07) is 0.156. The van der Waals surface area contributed by atoms with Crippen molar-refractivity contribution in [3.05, 3.63) is 0 Å². The van der Waals surface area contributed by atoms with Gasteiger partial charge in [0.05, 0.1) is 13.2 Å². The van der Waals surface area contributed by atoms with Gasteiger partial charge in [-0.25, -0.2) is 0 Å². The molecule has 92 valence electrons. The number of hydrogen-bond acceptors (Lipinski definition) is 3. The molecule has 1 aliphatic rings. The van der Waals surface area contributed by atoms with Crippen LogP contribution in [0.25, 0.3) is 0 Å². The first-order valence-electron chi connectivity index (χ1n) is 5.44. The van der Waals surface area contributed by atoms with Crippen molar-refractivity contribution >= 4 is 23.2 Å². The Balaban J connectivity index is 2.42. The third kappa shape index (κ3) is 4.32. The Bertz CT molecular complexity index is 260. The highest BCUT2D eigenvalue weighted by Crippen LogP contribution is 1.98. The topological polar surface area (TPSA) is 53.6 Å². The molecule has 0 aromatic rings. The normalized spacial score (nSPS) is 18.6. The Morgan fingerprint density at radius 2 is 2.50 bits per heavy atom. The van der Waals surface area contributed by atoms with Crippen LogP contribution in [-0.2, 0) is 9.53 Å². The standard InChI is InChI=1S/C10H19N3O2S/c1-8(7-15-2)12-10(16)13-5-3-4-11-9(14)6-13/h8H,3-7H2,1-2H3,(H,11,14)(H,12,16). The van der Waals surface area contributed by atoms with Crippen LogP contribution in [0.3, 0.4) is 0 Å². The average Bonchev–Trinajstić information content (AvgIpc) is 2.43. The average molecular weight is 245 g/mol. The Labute approximate surface area is 102 Å². The number of nitrogens with one attached hydrogen (secondary N) is 2. The summed E-state index contributed by atoms with van der Waals surface area (Å²) >= 11 is 5.26. The second kappa shape index (κ2) is 6.65. The number of carbonyl (C=O) groups excluding carboxylic acids is 1. The minimum absolute atomic E-state index is 0.0287. The summed E-state index contributed by atoms with van der Waals surface area (Å²) in [6.07, 6.45) is 0.923. The van der Waals surface area contributed by atoms with Crippen LogP contribution in [0.5, 0.6) is 0 Å². The molecule has 0 radical (unpaired) electrons. The van der Waals surface area contributed by atoms with Gasteiger partial charge in [0.2, 0.25) is 5.91 Å². The maximum atomic E-state index is 11.3. The second-order valence-corrected chi connectivity index (χ2v) is 4.32. The van der Waals surface area contributed by atoms with Crippen molar-refractivity contribution in [2.75, 3.05) is 33.4 Å². The van der Waals surface area contributed by atoms with Gasteiger partial charge in [0.1, 0.15) is 0 Å². The zero-order chi connectivity index (χ0) is 12.0. The van der Waals surface area contributed by atoms with E-state index in [4.69, 9.17) is 17.0 Å². The molecule has 1 saturated heterocycles. The molecule has 0 aromatic heterocycles. The predicted molar refractivity (Wildman–Crippen MR) is 66.3 cm³/mol. The third-order valence-corrected chi connectivity index (χ3v) is 2.71. The second-order valence-electron chi connectivity index (χ2n) is 3.93. The van der Waals surface area contributed by atoms with E-state index in [1.807, 2.05) is 11.8 Å². The zero-order valence-electron chi connectivity index (χ0n) is 9.78.